The van der Waals surface area contributed by atoms with Gasteiger partial charge in [0.15, 0.2) is 0 Å². The number of hydrogen-bond donors (Lipinski definition) is 1. The smallest absolute Gasteiger partial charge is 0.263 e. The molecular weight excluding hydrogens is 202 g/mol. The molecule has 0 bridgehead atoms. The summed E-state index contributed by atoms with van der Waals surface area (Å²) in [6, 6.07) is 7.13. The van der Waals surface area contributed by atoms with Gasteiger partial charge in [-0.05, 0) is 17.7 Å². The molecule has 1 amide bonds. The Morgan fingerprint density at radius 1 is 1.36 bits per heavy atom. The van der Waals surface area contributed by atoms with Gasteiger partial charge in [0.05, 0.1) is 12.1 Å². The van der Waals surface area contributed by atoms with Crippen LogP contribution in [0.5, 0.6) is 0 Å². The van der Waals surface area contributed by atoms with Crippen LogP contribution < -0.4 is 5.84 Å². The van der Waals surface area contributed by atoms with Gasteiger partial charge in [-0.25, -0.2) is 5.84 Å². The Morgan fingerprint density at radius 2 is 2.00 bits per heavy atom. The summed E-state index contributed by atoms with van der Waals surface area (Å²) in [6.07, 6.45) is 0.248. The minimum Gasteiger partial charge on any atom is -0.271 e. The van der Waals surface area contributed by atoms with E-state index < -0.39 is 0 Å². The molecule has 0 aromatic heterocycles. The molecule has 0 saturated heterocycles. The van der Waals surface area contributed by atoms with Gasteiger partial charge in [0.2, 0.25) is 0 Å². The lowest BCUT2D eigenvalue weighted by Crippen LogP contribution is -2.27. The minimum absolute atomic E-state index is 0.199. The first-order valence-electron chi connectivity index (χ1n) is 4.08. The fourth-order valence-electron chi connectivity index (χ4n) is 1.25. The van der Waals surface area contributed by atoms with Crippen molar-refractivity contribution in [2.24, 2.45) is 10.9 Å². The lowest BCUT2D eigenvalue weighted by Gasteiger charge is -1.99. The first-order valence-corrected chi connectivity index (χ1v) is 4.45. The number of benzene rings is 1. The fraction of sp³-hybridized carbons (Fsp3) is 0.111. The predicted molar refractivity (Wildman–Crippen MR) is 53.6 cm³/mol. The molecular formula is C9H8ClN3O. The summed E-state index contributed by atoms with van der Waals surface area (Å²) in [5.74, 6) is 5.11. The number of hydrogen-bond acceptors (Lipinski definition) is 3. The molecule has 0 unspecified atom stereocenters. The van der Waals surface area contributed by atoms with Gasteiger partial charge < -0.3 is 0 Å². The molecule has 0 fully saturated rings. The molecule has 4 nitrogen and oxygen atoms in total. The highest BCUT2D eigenvalue weighted by molar-refractivity contribution is 6.30. The van der Waals surface area contributed by atoms with Gasteiger partial charge in [0.1, 0.15) is 0 Å². The molecule has 1 aliphatic rings. The third kappa shape index (κ3) is 1.62. The van der Waals surface area contributed by atoms with E-state index in [9.17, 15) is 4.79 Å². The van der Waals surface area contributed by atoms with Crippen molar-refractivity contribution in [1.29, 1.82) is 0 Å². The lowest BCUT2D eigenvalue weighted by molar-refractivity contribution is -0.128. The Bertz CT molecular complexity index is 399. The third-order valence-electron chi connectivity index (χ3n) is 1.98. The third-order valence-corrected chi connectivity index (χ3v) is 2.23. The summed E-state index contributed by atoms with van der Waals surface area (Å²) in [6.45, 7) is 0. The van der Waals surface area contributed by atoms with Crippen molar-refractivity contribution in [2.45, 2.75) is 6.42 Å². The van der Waals surface area contributed by atoms with Crippen molar-refractivity contribution in [1.82, 2.24) is 5.12 Å². The number of hydrazine groups is 1. The van der Waals surface area contributed by atoms with Crippen LogP contribution in [0.1, 0.15) is 12.0 Å². The van der Waals surface area contributed by atoms with Crippen LogP contribution in [0.3, 0.4) is 0 Å². The first kappa shape index (κ1) is 9.18. The topological polar surface area (TPSA) is 58.7 Å². The zero-order valence-electron chi connectivity index (χ0n) is 7.27. The van der Waals surface area contributed by atoms with Gasteiger partial charge in [-0.15, -0.1) is 0 Å². The van der Waals surface area contributed by atoms with Crippen LogP contribution in [0.4, 0.5) is 0 Å². The van der Waals surface area contributed by atoms with Gasteiger partial charge in [0, 0.05) is 5.02 Å². The molecule has 1 aromatic rings. The summed E-state index contributed by atoms with van der Waals surface area (Å²) in [5.41, 5.74) is 1.55. The summed E-state index contributed by atoms with van der Waals surface area (Å²) in [5, 5.41) is 5.43. The fourth-order valence-corrected chi connectivity index (χ4v) is 1.37. The number of nitrogens with zero attached hydrogens (tertiary/aromatic N) is 2. The van der Waals surface area contributed by atoms with Crippen molar-refractivity contribution < 1.29 is 4.79 Å². The second-order valence-corrected chi connectivity index (χ2v) is 3.41. The molecule has 14 heavy (non-hydrogen) atoms. The predicted octanol–water partition coefficient (Wildman–Crippen LogP) is 1.15. The summed E-state index contributed by atoms with van der Waals surface area (Å²) < 4.78 is 0. The molecule has 0 spiro atoms. The average molecular weight is 210 g/mol. The number of carbonyl (C=O) groups is 1. The van der Waals surface area contributed by atoms with Crippen LogP contribution in [0, 0.1) is 0 Å². The number of rotatable bonds is 1. The summed E-state index contributed by atoms with van der Waals surface area (Å²) >= 11 is 5.73. The molecule has 1 aliphatic heterocycles. The zero-order chi connectivity index (χ0) is 10.1. The van der Waals surface area contributed by atoms with Gasteiger partial charge >= 0.3 is 0 Å². The molecule has 0 atom stereocenters. The molecule has 0 saturated carbocycles. The SMILES string of the molecule is NN1N=C(c2ccc(Cl)cc2)CC1=O. The van der Waals surface area contributed by atoms with E-state index in [1.807, 2.05) is 12.1 Å². The van der Waals surface area contributed by atoms with Crippen LogP contribution in [-0.4, -0.2) is 16.7 Å². The van der Waals surface area contributed by atoms with Gasteiger partial charge in [-0.2, -0.15) is 10.2 Å². The maximum atomic E-state index is 11.1. The number of hydrazone groups is 1. The van der Waals surface area contributed by atoms with Crippen molar-refractivity contribution >= 4 is 23.2 Å². The molecule has 1 heterocycles. The van der Waals surface area contributed by atoms with E-state index in [2.05, 4.69) is 5.10 Å². The molecule has 2 N–H and O–H groups in total. The second kappa shape index (κ2) is 3.40. The standard InChI is InChI=1S/C9H8ClN3O/c10-7-3-1-6(2-4-7)8-5-9(14)13(11)12-8/h1-4H,5,11H2. The Kier molecular flexibility index (Phi) is 2.23. The van der Waals surface area contributed by atoms with E-state index in [1.165, 1.54) is 0 Å². The van der Waals surface area contributed by atoms with Crippen LogP contribution in [0.15, 0.2) is 29.4 Å². The van der Waals surface area contributed by atoms with E-state index in [4.69, 9.17) is 17.4 Å². The van der Waals surface area contributed by atoms with Crippen molar-refractivity contribution in [3.8, 4) is 0 Å². The van der Waals surface area contributed by atoms with Crippen molar-refractivity contribution in [3.63, 3.8) is 0 Å². The Balaban J connectivity index is 2.29. The van der Waals surface area contributed by atoms with E-state index in [1.54, 1.807) is 12.1 Å². The molecule has 1 aromatic carbocycles. The molecule has 0 radical (unpaired) electrons. The summed E-state index contributed by atoms with van der Waals surface area (Å²) in [7, 11) is 0. The van der Waals surface area contributed by atoms with Crippen LogP contribution in [0.25, 0.3) is 0 Å². The van der Waals surface area contributed by atoms with E-state index in [0.29, 0.717) is 10.7 Å². The highest BCUT2D eigenvalue weighted by Crippen LogP contribution is 2.15. The lowest BCUT2D eigenvalue weighted by atomic mass is 10.1. The van der Waals surface area contributed by atoms with E-state index in [-0.39, 0.29) is 12.3 Å². The van der Waals surface area contributed by atoms with Crippen LogP contribution in [0.2, 0.25) is 5.02 Å². The molecule has 0 aliphatic carbocycles. The molecule has 2 rings (SSSR count). The normalized spacial score (nSPS) is 16.0. The Labute approximate surface area is 85.9 Å². The zero-order valence-corrected chi connectivity index (χ0v) is 8.03. The Hall–Kier alpha value is -1.39. The number of amides is 1. The average Bonchev–Trinajstić information content (AvgIpc) is 2.48. The monoisotopic (exact) mass is 209 g/mol. The second-order valence-electron chi connectivity index (χ2n) is 2.97. The van der Waals surface area contributed by atoms with Crippen LogP contribution >= 0.6 is 11.6 Å². The van der Waals surface area contributed by atoms with E-state index in [0.717, 1.165) is 10.7 Å². The van der Waals surface area contributed by atoms with Crippen molar-refractivity contribution in [2.75, 3.05) is 0 Å². The highest BCUT2D eigenvalue weighted by Gasteiger charge is 2.21. The van der Waals surface area contributed by atoms with Gasteiger partial charge in [-0.3, -0.25) is 4.79 Å². The maximum Gasteiger partial charge on any atom is 0.263 e. The Morgan fingerprint density at radius 3 is 2.50 bits per heavy atom. The largest absolute Gasteiger partial charge is 0.271 e. The summed E-state index contributed by atoms with van der Waals surface area (Å²) in [4.78, 5) is 11.1. The molecule has 5 heteroatoms. The maximum absolute atomic E-state index is 11.1. The number of nitrogens with two attached hydrogens (primary N) is 1. The quantitative estimate of drug-likeness (QED) is 0.557. The van der Waals surface area contributed by atoms with Gasteiger partial charge in [-0.1, -0.05) is 23.7 Å². The first-order chi connectivity index (χ1) is 6.66. The van der Waals surface area contributed by atoms with E-state index >= 15 is 0 Å². The highest BCUT2D eigenvalue weighted by atomic mass is 35.5. The van der Waals surface area contributed by atoms with Gasteiger partial charge in [0.25, 0.3) is 5.91 Å². The number of halogens is 1. The van der Waals surface area contributed by atoms with Crippen LogP contribution in [-0.2, 0) is 4.79 Å². The number of carbonyl (C=O) groups excluding carboxylic acids is 1. The van der Waals surface area contributed by atoms with Crippen molar-refractivity contribution in [3.05, 3.63) is 34.9 Å². The minimum atomic E-state index is -0.199. The molecule has 72 valence electrons.